The molecule has 0 heterocycles. The summed E-state index contributed by atoms with van der Waals surface area (Å²) in [5.74, 6) is 0.311. The smallest absolute Gasteiger partial charge is 0.0802 e. The number of hydrogen-bond acceptors (Lipinski definition) is 1. The fourth-order valence-corrected chi connectivity index (χ4v) is 3.35. The Morgan fingerprint density at radius 3 is 2.30 bits per heavy atom. The van der Waals surface area contributed by atoms with Crippen LogP contribution in [0.5, 0.6) is 0 Å². The fourth-order valence-electron chi connectivity index (χ4n) is 3.35. The number of fused-ring (bicyclic) bond motifs is 2. The van der Waals surface area contributed by atoms with E-state index in [-0.39, 0.29) is 6.10 Å². The average Bonchev–Trinajstić information content (AvgIpc) is 2.85. The van der Waals surface area contributed by atoms with Gasteiger partial charge >= 0.3 is 0 Å². The van der Waals surface area contributed by atoms with Gasteiger partial charge in [0.25, 0.3) is 0 Å². The topological polar surface area (TPSA) is 20.2 Å². The minimum Gasteiger partial charge on any atom is -0.388 e. The molecule has 1 aliphatic carbocycles. The van der Waals surface area contributed by atoms with Crippen LogP contribution in [-0.2, 0) is 0 Å². The fraction of sp³-hybridized carbons (Fsp3) is 0.158. The molecule has 0 radical (unpaired) electrons. The molecule has 0 bridgehead atoms. The lowest BCUT2D eigenvalue weighted by Gasteiger charge is -2.13. The predicted octanol–water partition coefficient (Wildman–Crippen LogP) is 4.41. The molecule has 1 heteroatoms. The molecule has 0 saturated heterocycles. The van der Waals surface area contributed by atoms with Crippen molar-refractivity contribution in [3.63, 3.8) is 0 Å². The lowest BCUT2D eigenvalue weighted by Crippen LogP contribution is -1.96. The van der Waals surface area contributed by atoms with Gasteiger partial charge in [0, 0.05) is 5.92 Å². The van der Waals surface area contributed by atoms with Gasteiger partial charge in [-0.25, -0.2) is 0 Å². The first-order valence-corrected chi connectivity index (χ1v) is 7.08. The standard InChI is InChI=1S/C19H16O/c20-19-12-18(16-7-3-4-8-17(16)19)15-10-9-13-5-1-2-6-14(13)11-15/h1-11,18-20H,12H2/t18-,19-/m1/s1. The molecular weight excluding hydrogens is 244 g/mol. The van der Waals surface area contributed by atoms with Crippen LogP contribution in [0.1, 0.15) is 35.1 Å². The van der Waals surface area contributed by atoms with E-state index in [0.717, 1.165) is 12.0 Å². The van der Waals surface area contributed by atoms with Crippen LogP contribution in [0, 0.1) is 0 Å². The van der Waals surface area contributed by atoms with E-state index in [4.69, 9.17) is 0 Å². The molecule has 3 aromatic carbocycles. The van der Waals surface area contributed by atoms with Gasteiger partial charge in [0.05, 0.1) is 6.10 Å². The molecule has 0 aliphatic heterocycles. The maximum atomic E-state index is 10.2. The zero-order chi connectivity index (χ0) is 13.5. The third-order valence-corrected chi connectivity index (χ3v) is 4.37. The van der Waals surface area contributed by atoms with Crippen molar-refractivity contribution in [2.24, 2.45) is 0 Å². The summed E-state index contributed by atoms with van der Waals surface area (Å²) in [6, 6.07) is 23.3. The first-order chi connectivity index (χ1) is 9.83. The van der Waals surface area contributed by atoms with E-state index >= 15 is 0 Å². The summed E-state index contributed by atoms with van der Waals surface area (Å²) >= 11 is 0. The number of aliphatic hydroxyl groups excluding tert-OH is 1. The van der Waals surface area contributed by atoms with E-state index in [1.54, 1.807) is 0 Å². The lowest BCUT2D eigenvalue weighted by atomic mass is 9.91. The Labute approximate surface area is 118 Å². The molecule has 98 valence electrons. The van der Waals surface area contributed by atoms with Crippen LogP contribution >= 0.6 is 0 Å². The number of hydrogen-bond donors (Lipinski definition) is 1. The lowest BCUT2D eigenvalue weighted by molar-refractivity contribution is 0.176. The largest absolute Gasteiger partial charge is 0.388 e. The van der Waals surface area contributed by atoms with Crippen molar-refractivity contribution in [3.8, 4) is 0 Å². The van der Waals surface area contributed by atoms with Gasteiger partial charge in [-0.2, -0.15) is 0 Å². The van der Waals surface area contributed by atoms with Crippen molar-refractivity contribution >= 4 is 10.8 Å². The van der Waals surface area contributed by atoms with Gasteiger partial charge in [-0.15, -0.1) is 0 Å². The molecular formula is C19H16O. The molecule has 3 aromatic rings. The van der Waals surface area contributed by atoms with Crippen LogP contribution in [0.4, 0.5) is 0 Å². The minimum atomic E-state index is -0.331. The number of rotatable bonds is 1. The predicted molar refractivity (Wildman–Crippen MR) is 81.8 cm³/mol. The van der Waals surface area contributed by atoms with Gasteiger partial charge in [-0.1, -0.05) is 66.7 Å². The average molecular weight is 260 g/mol. The first-order valence-electron chi connectivity index (χ1n) is 7.08. The summed E-state index contributed by atoms with van der Waals surface area (Å²) in [7, 11) is 0. The molecule has 0 unspecified atom stereocenters. The van der Waals surface area contributed by atoms with Crippen LogP contribution in [0.25, 0.3) is 10.8 Å². The summed E-state index contributed by atoms with van der Waals surface area (Å²) in [6.45, 7) is 0. The molecule has 4 rings (SSSR count). The maximum absolute atomic E-state index is 10.2. The van der Waals surface area contributed by atoms with E-state index in [9.17, 15) is 5.11 Å². The number of aliphatic hydroxyl groups is 1. The van der Waals surface area contributed by atoms with Crippen LogP contribution in [0.15, 0.2) is 66.7 Å². The zero-order valence-electron chi connectivity index (χ0n) is 11.2. The van der Waals surface area contributed by atoms with Gasteiger partial charge in [0.1, 0.15) is 0 Å². The Bertz CT molecular complexity index is 775. The van der Waals surface area contributed by atoms with Crippen LogP contribution in [0.2, 0.25) is 0 Å². The van der Waals surface area contributed by atoms with E-state index in [0.29, 0.717) is 5.92 Å². The molecule has 1 aliphatic rings. The summed E-state index contributed by atoms with van der Waals surface area (Å²) < 4.78 is 0. The van der Waals surface area contributed by atoms with Crippen molar-refractivity contribution in [1.82, 2.24) is 0 Å². The minimum absolute atomic E-state index is 0.311. The normalized spacial score (nSPS) is 21.1. The van der Waals surface area contributed by atoms with E-state index in [1.807, 2.05) is 12.1 Å². The third kappa shape index (κ3) is 1.75. The monoisotopic (exact) mass is 260 g/mol. The molecule has 0 aromatic heterocycles. The van der Waals surface area contributed by atoms with Gasteiger partial charge in [-0.3, -0.25) is 0 Å². The van der Waals surface area contributed by atoms with Crippen LogP contribution < -0.4 is 0 Å². The van der Waals surface area contributed by atoms with Crippen molar-refractivity contribution in [3.05, 3.63) is 83.4 Å². The molecule has 20 heavy (non-hydrogen) atoms. The highest BCUT2D eigenvalue weighted by molar-refractivity contribution is 5.83. The van der Waals surface area contributed by atoms with Crippen molar-refractivity contribution in [1.29, 1.82) is 0 Å². The summed E-state index contributed by atoms with van der Waals surface area (Å²) in [4.78, 5) is 0. The van der Waals surface area contributed by atoms with E-state index in [1.165, 1.54) is 21.9 Å². The second-order valence-electron chi connectivity index (χ2n) is 5.54. The Morgan fingerprint density at radius 1 is 0.750 bits per heavy atom. The van der Waals surface area contributed by atoms with Gasteiger partial charge in [-0.05, 0) is 33.9 Å². The molecule has 0 amide bonds. The molecule has 0 fully saturated rings. The van der Waals surface area contributed by atoms with Crippen LogP contribution in [0.3, 0.4) is 0 Å². The van der Waals surface area contributed by atoms with Gasteiger partial charge in [0.15, 0.2) is 0 Å². The van der Waals surface area contributed by atoms with Crippen LogP contribution in [-0.4, -0.2) is 5.11 Å². The SMILES string of the molecule is O[C@@H]1C[C@H](c2ccc3ccccc3c2)c2ccccc21. The Balaban J connectivity index is 1.84. The highest BCUT2D eigenvalue weighted by Crippen LogP contribution is 2.44. The maximum Gasteiger partial charge on any atom is 0.0802 e. The van der Waals surface area contributed by atoms with Crippen molar-refractivity contribution in [2.75, 3.05) is 0 Å². The summed E-state index contributed by atoms with van der Waals surface area (Å²) in [5, 5.41) is 12.8. The summed E-state index contributed by atoms with van der Waals surface area (Å²) in [6.07, 6.45) is 0.459. The van der Waals surface area contributed by atoms with E-state index < -0.39 is 0 Å². The van der Waals surface area contributed by atoms with Crippen molar-refractivity contribution in [2.45, 2.75) is 18.4 Å². The highest BCUT2D eigenvalue weighted by atomic mass is 16.3. The second-order valence-corrected chi connectivity index (χ2v) is 5.54. The Hall–Kier alpha value is -2.12. The quantitative estimate of drug-likeness (QED) is 0.687. The summed E-state index contributed by atoms with van der Waals surface area (Å²) in [5.41, 5.74) is 3.66. The molecule has 0 spiro atoms. The Morgan fingerprint density at radius 2 is 1.45 bits per heavy atom. The highest BCUT2D eigenvalue weighted by Gasteiger charge is 2.30. The zero-order valence-corrected chi connectivity index (χ0v) is 11.2. The second kappa shape index (κ2) is 4.46. The van der Waals surface area contributed by atoms with E-state index in [2.05, 4.69) is 54.6 Å². The first kappa shape index (κ1) is 11.7. The Kier molecular flexibility index (Phi) is 2.61. The van der Waals surface area contributed by atoms with Gasteiger partial charge < -0.3 is 5.11 Å². The molecule has 2 atom stereocenters. The van der Waals surface area contributed by atoms with Gasteiger partial charge in [0.2, 0.25) is 0 Å². The van der Waals surface area contributed by atoms with Crippen molar-refractivity contribution < 1.29 is 5.11 Å². The number of benzene rings is 3. The molecule has 0 saturated carbocycles. The molecule has 1 nitrogen and oxygen atoms in total. The third-order valence-electron chi connectivity index (χ3n) is 4.37. The molecule has 1 N–H and O–H groups in total.